The number of nitrogens with two attached hydrogens (primary N) is 1. The van der Waals surface area contributed by atoms with Crippen molar-refractivity contribution >= 4 is 5.91 Å². The highest BCUT2D eigenvalue weighted by molar-refractivity contribution is 5.76. The van der Waals surface area contributed by atoms with Crippen molar-refractivity contribution in [1.29, 1.82) is 0 Å². The number of imidazole rings is 1. The molecule has 0 radical (unpaired) electrons. The molecule has 3 N–H and O–H groups in total. The van der Waals surface area contributed by atoms with Gasteiger partial charge in [-0.05, 0) is 18.5 Å². The lowest BCUT2D eigenvalue weighted by Gasteiger charge is -2.19. The molecule has 0 bridgehead atoms. The molecule has 1 atom stereocenters. The Hall–Kier alpha value is -2.14. The van der Waals surface area contributed by atoms with Crippen LogP contribution in [0, 0.1) is 0 Å². The number of amides is 1. The van der Waals surface area contributed by atoms with Gasteiger partial charge in [-0.1, -0.05) is 30.3 Å². The third kappa shape index (κ3) is 3.45. The molecule has 0 saturated carbocycles. The predicted octanol–water partition coefficient (Wildman–Crippen LogP) is 1.36. The van der Waals surface area contributed by atoms with Crippen LogP contribution < -0.4 is 11.1 Å². The van der Waals surface area contributed by atoms with E-state index in [1.54, 1.807) is 6.20 Å². The predicted molar refractivity (Wildman–Crippen MR) is 77.9 cm³/mol. The number of benzene rings is 1. The van der Waals surface area contributed by atoms with Gasteiger partial charge in [0.2, 0.25) is 5.91 Å². The number of rotatable bonds is 6. The number of hydrogen-bond donors (Lipinski definition) is 2. The summed E-state index contributed by atoms with van der Waals surface area (Å²) in [6.07, 6.45) is 4.73. The lowest BCUT2D eigenvalue weighted by Crippen LogP contribution is -2.31. The highest BCUT2D eigenvalue weighted by Crippen LogP contribution is 2.20. The first kappa shape index (κ1) is 14.3. The van der Waals surface area contributed by atoms with Gasteiger partial charge in [-0.2, -0.15) is 0 Å². The van der Waals surface area contributed by atoms with Crippen LogP contribution in [0.15, 0.2) is 42.7 Å². The van der Waals surface area contributed by atoms with Gasteiger partial charge in [0.1, 0.15) is 11.9 Å². The van der Waals surface area contributed by atoms with Crippen molar-refractivity contribution in [2.75, 3.05) is 6.54 Å². The van der Waals surface area contributed by atoms with E-state index in [1.807, 2.05) is 48.1 Å². The Morgan fingerprint density at radius 3 is 2.75 bits per heavy atom. The summed E-state index contributed by atoms with van der Waals surface area (Å²) in [6.45, 7) is 0.520. The van der Waals surface area contributed by atoms with Crippen molar-refractivity contribution in [2.24, 2.45) is 12.8 Å². The van der Waals surface area contributed by atoms with E-state index in [2.05, 4.69) is 10.3 Å². The molecule has 1 heterocycles. The molecule has 0 aliphatic rings. The van der Waals surface area contributed by atoms with Crippen LogP contribution in [0.5, 0.6) is 0 Å². The smallest absolute Gasteiger partial charge is 0.220 e. The fourth-order valence-corrected chi connectivity index (χ4v) is 2.09. The molecule has 1 aromatic carbocycles. The first-order valence-corrected chi connectivity index (χ1v) is 6.74. The molecule has 0 aliphatic heterocycles. The van der Waals surface area contributed by atoms with Crippen LogP contribution in [0.1, 0.15) is 30.3 Å². The average Bonchev–Trinajstić information content (AvgIpc) is 2.89. The zero-order valence-electron chi connectivity index (χ0n) is 11.6. The maximum absolute atomic E-state index is 12.0. The quantitative estimate of drug-likeness (QED) is 0.834. The van der Waals surface area contributed by atoms with Gasteiger partial charge in [-0.25, -0.2) is 4.98 Å². The maximum atomic E-state index is 12.0. The van der Waals surface area contributed by atoms with Crippen LogP contribution in [0.25, 0.3) is 0 Å². The normalized spacial score (nSPS) is 12.1. The zero-order chi connectivity index (χ0) is 14.4. The molecule has 0 spiro atoms. The Kier molecular flexibility index (Phi) is 4.90. The zero-order valence-corrected chi connectivity index (χ0v) is 11.6. The van der Waals surface area contributed by atoms with Gasteiger partial charge in [-0.15, -0.1) is 0 Å². The highest BCUT2D eigenvalue weighted by Gasteiger charge is 2.19. The van der Waals surface area contributed by atoms with Crippen LogP contribution in [0.3, 0.4) is 0 Å². The minimum Gasteiger partial charge on any atom is -0.342 e. The number of hydrogen-bond acceptors (Lipinski definition) is 3. The Morgan fingerprint density at radius 2 is 2.15 bits per heavy atom. The van der Waals surface area contributed by atoms with Crippen molar-refractivity contribution in [3.05, 3.63) is 54.1 Å². The molecule has 1 unspecified atom stereocenters. The van der Waals surface area contributed by atoms with Crippen LogP contribution in [-0.2, 0) is 11.8 Å². The highest BCUT2D eigenvalue weighted by atomic mass is 16.1. The van der Waals surface area contributed by atoms with E-state index in [9.17, 15) is 4.79 Å². The van der Waals surface area contributed by atoms with Crippen LogP contribution in [-0.4, -0.2) is 22.0 Å². The summed E-state index contributed by atoms with van der Waals surface area (Å²) in [7, 11) is 1.92. The summed E-state index contributed by atoms with van der Waals surface area (Å²) in [5, 5.41) is 3.03. The van der Waals surface area contributed by atoms with Crippen LogP contribution in [0.2, 0.25) is 0 Å². The van der Waals surface area contributed by atoms with Gasteiger partial charge in [0.05, 0.1) is 0 Å². The van der Waals surface area contributed by atoms with Crippen LogP contribution >= 0.6 is 0 Å². The maximum Gasteiger partial charge on any atom is 0.220 e. The first-order valence-electron chi connectivity index (χ1n) is 6.74. The van der Waals surface area contributed by atoms with E-state index >= 15 is 0 Å². The van der Waals surface area contributed by atoms with Crippen molar-refractivity contribution in [1.82, 2.24) is 14.9 Å². The van der Waals surface area contributed by atoms with E-state index in [0.717, 1.165) is 11.4 Å². The fraction of sp³-hybridized carbons (Fsp3) is 0.333. The van der Waals surface area contributed by atoms with E-state index < -0.39 is 0 Å². The Morgan fingerprint density at radius 1 is 1.40 bits per heavy atom. The molecule has 20 heavy (non-hydrogen) atoms. The summed E-state index contributed by atoms with van der Waals surface area (Å²) in [5.74, 6) is 0.810. The second-order valence-corrected chi connectivity index (χ2v) is 4.70. The van der Waals surface area contributed by atoms with Crippen molar-refractivity contribution in [3.8, 4) is 0 Å². The van der Waals surface area contributed by atoms with Crippen molar-refractivity contribution in [2.45, 2.75) is 18.9 Å². The molecule has 0 fully saturated rings. The van der Waals surface area contributed by atoms with Crippen molar-refractivity contribution in [3.63, 3.8) is 0 Å². The lowest BCUT2D eigenvalue weighted by molar-refractivity contribution is -0.121. The Labute approximate surface area is 118 Å². The Bertz CT molecular complexity index is 550. The molecule has 106 valence electrons. The summed E-state index contributed by atoms with van der Waals surface area (Å²) in [6, 6.07) is 9.61. The minimum atomic E-state index is -0.235. The second-order valence-electron chi connectivity index (χ2n) is 4.70. The molecular formula is C15H20N4O. The molecule has 2 aromatic rings. The van der Waals surface area contributed by atoms with Gasteiger partial charge >= 0.3 is 0 Å². The number of nitrogens with one attached hydrogen (secondary N) is 1. The number of carbonyl (C=O) groups excluding carboxylic acids is 1. The molecule has 2 rings (SSSR count). The van der Waals surface area contributed by atoms with E-state index in [1.165, 1.54) is 0 Å². The van der Waals surface area contributed by atoms with E-state index in [0.29, 0.717) is 19.4 Å². The standard InChI is InChI=1S/C15H20N4O/c1-19-11-10-17-15(19)14(12-6-3-2-4-7-12)18-13(20)8-5-9-16/h2-4,6-7,10-11,14H,5,8-9,16H2,1H3,(H,18,20). The third-order valence-electron chi connectivity index (χ3n) is 3.16. The first-order chi connectivity index (χ1) is 9.72. The minimum absolute atomic E-state index is 0.00713. The SMILES string of the molecule is Cn1ccnc1C(NC(=O)CCCN)c1ccccc1. The summed E-state index contributed by atoms with van der Waals surface area (Å²) in [5.41, 5.74) is 6.46. The molecule has 0 aliphatic carbocycles. The van der Waals surface area contributed by atoms with Gasteiger partial charge < -0.3 is 15.6 Å². The second kappa shape index (κ2) is 6.86. The number of carbonyl (C=O) groups is 1. The monoisotopic (exact) mass is 272 g/mol. The number of aromatic nitrogens is 2. The van der Waals surface area contributed by atoms with Gasteiger partial charge in [0, 0.05) is 25.9 Å². The van der Waals surface area contributed by atoms with Crippen LogP contribution in [0.4, 0.5) is 0 Å². The Balaban J connectivity index is 2.22. The molecule has 5 heteroatoms. The third-order valence-corrected chi connectivity index (χ3v) is 3.16. The lowest BCUT2D eigenvalue weighted by atomic mass is 10.1. The molecule has 1 amide bonds. The van der Waals surface area contributed by atoms with E-state index in [4.69, 9.17) is 5.73 Å². The summed E-state index contributed by atoms with van der Waals surface area (Å²) in [4.78, 5) is 16.3. The van der Waals surface area contributed by atoms with E-state index in [-0.39, 0.29) is 11.9 Å². The average molecular weight is 272 g/mol. The molecule has 5 nitrogen and oxygen atoms in total. The molecule has 1 aromatic heterocycles. The number of nitrogens with zero attached hydrogens (tertiary/aromatic N) is 2. The van der Waals surface area contributed by atoms with Gasteiger partial charge in [-0.3, -0.25) is 4.79 Å². The van der Waals surface area contributed by atoms with Crippen molar-refractivity contribution < 1.29 is 4.79 Å². The topological polar surface area (TPSA) is 72.9 Å². The fourth-order valence-electron chi connectivity index (χ4n) is 2.09. The molecule has 0 saturated heterocycles. The summed E-state index contributed by atoms with van der Waals surface area (Å²) < 4.78 is 1.92. The number of aryl methyl sites for hydroxylation is 1. The summed E-state index contributed by atoms with van der Waals surface area (Å²) >= 11 is 0. The van der Waals surface area contributed by atoms with Gasteiger partial charge in [0.25, 0.3) is 0 Å². The largest absolute Gasteiger partial charge is 0.342 e. The molecular weight excluding hydrogens is 252 g/mol. The van der Waals surface area contributed by atoms with Gasteiger partial charge in [0.15, 0.2) is 0 Å².